The van der Waals surface area contributed by atoms with Crippen LogP contribution in [0.2, 0.25) is 0 Å². The summed E-state index contributed by atoms with van der Waals surface area (Å²) in [6.07, 6.45) is 0.680. The molecular weight excluding hydrogens is 188 g/mol. The van der Waals surface area contributed by atoms with Crippen molar-refractivity contribution in [2.75, 3.05) is 13.7 Å². The number of nitriles is 1. The van der Waals surface area contributed by atoms with Crippen LogP contribution in [0.1, 0.15) is 41.0 Å². The van der Waals surface area contributed by atoms with Gasteiger partial charge in [-0.05, 0) is 33.2 Å². The van der Waals surface area contributed by atoms with E-state index in [9.17, 15) is 5.26 Å². The van der Waals surface area contributed by atoms with Crippen molar-refractivity contribution in [3.05, 3.63) is 0 Å². The lowest BCUT2D eigenvalue weighted by Gasteiger charge is -2.33. The lowest BCUT2D eigenvalue weighted by Crippen LogP contribution is -2.48. The molecule has 0 fully saturated rings. The summed E-state index contributed by atoms with van der Waals surface area (Å²) in [6.45, 7) is 11.0. The van der Waals surface area contributed by atoms with Gasteiger partial charge in [-0.25, -0.2) is 0 Å². The van der Waals surface area contributed by atoms with E-state index in [0.29, 0.717) is 12.3 Å². The van der Waals surface area contributed by atoms with Gasteiger partial charge in [0.2, 0.25) is 0 Å². The Balaban J connectivity index is 4.39. The number of ether oxygens (including phenoxy) is 1. The van der Waals surface area contributed by atoms with Crippen LogP contribution in [0.3, 0.4) is 0 Å². The predicted octanol–water partition coefficient (Wildman–Crippen LogP) is 2.33. The molecule has 1 atom stereocenters. The van der Waals surface area contributed by atoms with E-state index in [2.05, 4.69) is 25.2 Å². The molecule has 0 aliphatic rings. The van der Waals surface area contributed by atoms with Crippen LogP contribution in [-0.4, -0.2) is 24.8 Å². The minimum absolute atomic E-state index is 0.269. The Hall–Kier alpha value is -0.590. The van der Waals surface area contributed by atoms with Crippen LogP contribution in [0.5, 0.6) is 0 Å². The zero-order valence-corrected chi connectivity index (χ0v) is 10.8. The van der Waals surface area contributed by atoms with Crippen molar-refractivity contribution in [1.82, 2.24) is 5.32 Å². The molecule has 1 unspecified atom stereocenters. The molecule has 0 aromatic heterocycles. The molecule has 0 amide bonds. The molecule has 0 aromatic carbocycles. The number of nitrogens with one attached hydrogen (secondary N) is 1. The molecule has 0 saturated heterocycles. The van der Waals surface area contributed by atoms with Crippen molar-refractivity contribution in [3.63, 3.8) is 0 Å². The maximum Gasteiger partial charge on any atom is 0.106 e. The van der Waals surface area contributed by atoms with Gasteiger partial charge in [0.25, 0.3) is 0 Å². The molecule has 0 bridgehead atoms. The van der Waals surface area contributed by atoms with Crippen molar-refractivity contribution in [3.8, 4) is 6.07 Å². The van der Waals surface area contributed by atoms with Gasteiger partial charge >= 0.3 is 0 Å². The molecule has 0 spiro atoms. The monoisotopic (exact) mass is 212 g/mol. The molecule has 3 nitrogen and oxygen atoms in total. The van der Waals surface area contributed by atoms with Gasteiger partial charge in [0.15, 0.2) is 0 Å². The maximum absolute atomic E-state index is 9.19. The van der Waals surface area contributed by atoms with Crippen LogP contribution < -0.4 is 5.32 Å². The highest BCUT2D eigenvalue weighted by Gasteiger charge is 2.32. The van der Waals surface area contributed by atoms with Gasteiger partial charge in [0.1, 0.15) is 5.54 Å². The van der Waals surface area contributed by atoms with Crippen LogP contribution in [-0.2, 0) is 4.74 Å². The number of methoxy groups -OCH3 is 1. The van der Waals surface area contributed by atoms with Gasteiger partial charge in [-0.3, -0.25) is 5.32 Å². The zero-order valence-electron chi connectivity index (χ0n) is 10.8. The molecule has 1 N–H and O–H groups in total. The van der Waals surface area contributed by atoms with Crippen molar-refractivity contribution in [2.24, 2.45) is 5.92 Å². The summed E-state index contributed by atoms with van der Waals surface area (Å²) in [5, 5.41) is 12.5. The molecule has 88 valence electrons. The van der Waals surface area contributed by atoms with Gasteiger partial charge in [0, 0.05) is 13.5 Å². The minimum atomic E-state index is -0.510. The van der Waals surface area contributed by atoms with E-state index in [1.54, 1.807) is 7.11 Å². The lowest BCUT2D eigenvalue weighted by atomic mass is 9.88. The molecule has 0 heterocycles. The van der Waals surface area contributed by atoms with Gasteiger partial charge in [-0.1, -0.05) is 13.8 Å². The summed E-state index contributed by atoms with van der Waals surface area (Å²) in [7, 11) is 1.68. The number of nitrogens with zero attached hydrogens (tertiary/aromatic N) is 1. The molecule has 3 heteroatoms. The summed E-state index contributed by atoms with van der Waals surface area (Å²) in [5.74, 6) is 0.545. The first kappa shape index (κ1) is 14.4. The quantitative estimate of drug-likeness (QED) is 0.735. The second-order valence-corrected chi connectivity index (χ2v) is 5.36. The third kappa shape index (κ3) is 5.76. The van der Waals surface area contributed by atoms with Crippen molar-refractivity contribution in [1.29, 1.82) is 5.26 Å². The smallest absolute Gasteiger partial charge is 0.106 e. The fourth-order valence-corrected chi connectivity index (χ4v) is 1.49. The largest absolute Gasteiger partial charge is 0.379 e. The van der Waals surface area contributed by atoms with Crippen LogP contribution in [0.15, 0.2) is 0 Å². The van der Waals surface area contributed by atoms with Gasteiger partial charge in [0.05, 0.1) is 11.7 Å². The Kier molecular flexibility index (Phi) is 5.27. The van der Waals surface area contributed by atoms with Gasteiger partial charge in [-0.2, -0.15) is 5.26 Å². The molecule has 0 aromatic rings. The Morgan fingerprint density at radius 1 is 1.33 bits per heavy atom. The summed E-state index contributed by atoms with van der Waals surface area (Å²) >= 11 is 0. The molecule has 15 heavy (non-hydrogen) atoms. The van der Waals surface area contributed by atoms with Crippen molar-refractivity contribution < 1.29 is 4.74 Å². The van der Waals surface area contributed by atoms with Gasteiger partial charge < -0.3 is 4.74 Å². The average Bonchev–Trinajstić information content (AvgIpc) is 2.14. The maximum atomic E-state index is 9.19. The second kappa shape index (κ2) is 5.48. The minimum Gasteiger partial charge on any atom is -0.379 e. The van der Waals surface area contributed by atoms with E-state index >= 15 is 0 Å². The Morgan fingerprint density at radius 2 is 1.87 bits per heavy atom. The average molecular weight is 212 g/mol. The van der Waals surface area contributed by atoms with Crippen LogP contribution in [0.4, 0.5) is 0 Å². The van der Waals surface area contributed by atoms with E-state index in [4.69, 9.17) is 4.74 Å². The van der Waals surface area contributed by atoms with Crippen molar-refractivity contribution >= 4 is 0 Å². The molecule has 0 rings (SSSR count). The first-order valence-electron chi connectivity index (χ1n) is 5.46. The highest BCUT2D eigenvalue weighted by molar-refractivity contribution is 5.06. The second-order valence-electron chi connectivity index (χ2n) is 5.36. The topological polar surface area (TPSA) is 45.0 Å². The summed E-state index contributed by atoms with van der Waals surface area (Å²) in [5.41, 5.74) is -0.780. The molecule has 0 aliphatic heterocycles. The zero-order chi connectivity index (χ0) is 12.1. The molecule has 0 saturated carbocycles. The summed E-state index contributed by atoms with van der Waals surface area (Å²) in [4.78, 5) is 0. The van der Waals surface area contributed by atoms with E-state index in [0.717, 1.165) is 6.54 Å². The highest BCUT2D eigenvalue weighted by atomic mass is 16.5. The van der Waals surface area contributed by atoms with E-state index in [-0.39, 0.29) is 5.60 Å². The van der Waals surface area contributed by atoms with Crippen LogP contribution in [0.25, 0.3) is 0 Å². The number of hydrogen-bond acceptors (Lipinski definition) is 3. The summed E-state index contributed by atoms with van der Waals surface area (Å²) in [6, 6.07) is 2.33. The first-order valence-corrected chi connectivity index (χ1v) is 5.46. The Labute approximate surface area is 93.8 Å². The Bertz CT molecular complexity index is 230. The normalized spacial score (nSPS) is 16.1. The summed E-state index contributed by atoms with van der Waals surface area (Å²) < 4.78 is 5.35. The SMILES string of the molecule is COC(C)(C)CC(C)(C#N)NCC(C)C. The fourth-order valence-electron chi connectivity index (χ4n) is 1.49. The third-order valence-electron chi connectivity index (χ3n) is 2.48. The van der Waals surface area contributed by atoms with E-state index < -0.39 is 5.54 Å². The van der Waals surface area contributed by atoms with E-state index in [1.807, 2.05) is 20.8 Å². The standard InChI is InChI=1S/C12H24N2O/c1-10(2)7-14-12(5,9-13)8-11(3,4)15-6/h10,14H,7-8H2,1-6H3. The molecule has 0 radical (unpaired) electrons. The van der Waals surface area contributed by atoms with Crippen LogP contribution in [0, 0.1) is 17.2 Å². The van der Waals surface area contributed by atoms with Crippen LogP contribution >= 0.6 is 0 Å². The lowest BCUT2D eigenvalue weighted by molar-refractivity contribution is 0.000885. The van der Waals surface area contributed by atoms with Crippen molar-refractivity contribution in [2.45, 2.75) is 52.2 Å². The van der Waals surface area contributed by atoms with Gasteiger partial charge in [-0.15, -0.1) is 0 Å². The molecule has 0 aliphatic carbocycles. The highest BCUT2D eigenvalue weighted by Crippen LogP contribution is 2.22. The number of hydrogen-bond donors (Lipinski definition) is 1. The molecular formula is C12H24N2O. The Morgan fingerprint density at radius 3 is 2.20 bits per heavy atom. The number of rotatable bonds is 6. The fraction of sp³-hybridized carbons (Fsp3) is 0.917. The van der Waals surface area contributed by atoms with E-state index in [1.165, 1.54) is 0 Å². The first-order chi connectivity index (χ1) is 6.74. The predicted molar refractivity (Wildman–Crippen MR) is 62.6 cm³/mol. The third-order valence-corrected chi connectivity index (χ3v) is 2.48.